The van der Waals surface area contributed by atoms with Crippen molar-refractivity contribution in [3.63, 3.8) is 0 Å². The summed E-state index contributed by atoms with van der Waals surface area (Å²) in [6.07, 6.45) is -7.84. The summed E-state index contributed by atoms with van der Waals surface area (Å²) in [5, 5.41) is 0.0874. The molecule has 0 saturated carbocycles. The number of benzene rings is 1. The zero-order chi connectivity index (χ0) is 10.1. The number of hydrogen-bond donors (Lipinski definition) is 0. The summed E-state index contributed by atoms with van der Waals surface area (Å²) in [6.45, 7) is 0. The van der Waals surface area contributed by atoms with Gasteiger partial charge in [-0.05, 0) is 17.7 Å². The second kappa shape index (κ2) is 3.54. The van der Waals surface area contributed by atoms with Crippen LogP contribution in [0.3, 0.4) is 0 Å². The van der Waals surface area contributed by atoms with Gasteiger partial charge < -0.3 is 0 Å². The lowest BCUT2D eigenvalue weighted by molar-refractivity contribution is -0.182. The Hall–Kier alpha value is -0.770. The zero-order valence-corrected chi connectivity index (χ0v) is 7.03. The Balaban J connectivity index is 2.96. The highest BCUT2D eigenvalue weighted by Gasteiger charge is 2.41. The molecule has 0 amide bonds. The second-order valence-electron chi connectivity index (χ2n) is 2.46. The predicted molar refractivity (Wildman–Crippen MR) is 41.4 cm³/mol. The summed E-state index contributed by atoms with van der Waals surface area (Å²) in [4.78, 5) is 0. The van der Waals surface area contributed by atoms with E-state index in [1.165, 1.54) is 12.1 Å². The van der Waals surface area contributed by atoms with Gasteiger partial charge in [-0.1, -0.05) is 23.7 Å². The van der Waals surface area contributed by atoms with Crippen molar-refractivity contribution in [1.29, 1.82) is 0 Å². The van der Waals surface area contributed by atoms with Gasteiger partial charge in [0.15, 0.2) is 0 Å². The van der Waals surface area contributed by atoms with Gasteiger partial charge in [0.25, 0.3) is 0 Å². The standard InChI is InChI=1S/C8H5ClF4/c9-6-3-1-2-5(4-6)7(10)8(11,12)13/h1-4,7H. The fourth-order valence-electron chi connectivity index (χ4n) is 0.853. The molecule has 1 unspecified atom stereocenters. The van der Waals surface area contributed by atoms with Crippen molar-refractivity contribution in [2.24, 2.45) is 0 Å². The number of alkyl halides is 4. The zero-order valence-electron chi connectivity index (χ0n) is 6.28. The van der Waals surface area contributed by atoms with Crippen LogP contribution in [-0.2, 0) is 0 Å². The maximum absolute atomic E-state index is 12.6. The van der Waals surface area contributed by atoms with Crippen LogP contribution >= 0.6 is 11.6 Å². The molecule has 0 saturated heterocycles. The summed E-state index contributed by atoms with van der Waals surface area (Å²) in [6, 6.07) is 4.66. The van der Waals surface area contributed by atoms with Crippen LogP contribution in [0.2, 0.25) is 5.02 Å². The van der Waals surface area contributed by atoms with Crippen LogP contribution in [0.5, 0.6) is 0 Å². The third kappa shape index (κ3) is 2.59. The third-order valence-corrected chi connectivity index (χ3v) is 1.66. The van der Waals surface area contributed by atoms with Crippen molar-refractivity contribution in [3.05, 3.63) is 34.9 Å². The summed E-state index contributed by atoms with van der Waals surface area (Å²) in [5.74, 6) is 0. The van der Waals surface area contributed by atoms with E-state index in [1.54, 1.807) is 0 Å². The van der Waals surface area contributed by atoms with Crippen LogP contribution in [0.1, 0.15) is 11.7 Å². The molecule has 0 bridgehead atoms. The van der Waals surface area contributed by atoms with Crippen LogP contribution < -0.4 is 0 Å². The van der Waals surface area contributed by atoms with Crippen molar-refractivity contribution in [3.8, 4) is 0 Å². The van der Waals surface area contributed by atoms with E-state index < -0.39 is 17.9 Å². The van der Waals surface area contributed by atoms with Gasteiger partial charge in [0.2, 0.25) is 6.17 Å². The lowest BCUT2D eigenvalue weighted by Gasteiger charge is -2.12. The molecule has 5 heteroatoms. The molecular formula is C8H5ClF4. The molecule has 1 rings (SSSR count). The Bertz CT molecular complexity index is 294. The summed E-state index contributed by atoms with van der Waals surface area (Å²) in [5.41, 5.74) is -0.472. The summed E-state index contributed by atoms with van der Waals surface area (Å²) in [7, 11) is 0. The van der Waals surface area contributed by atoms with Gasteiger partial charge in [0.05, 0.1) is 0 Å². The average Bonchev–Trinajstić information content (AvgIpc) is 2.01. The second-order valence-corrected chi connectivity index (χ2v) is 2.90. The van der Waals surface area contributed by atoms with Crippen molar-refractivity contribution in [2.75, 3.05) is 0 Å². The molecule has 0 heterocycles. The predicted octanol–water partition coefficient (Wildman–Crippen LogP) is 3.91. The van der Waals surface area contributed by atoms with Crippen LogP contribution in [-0.4, -0.2) is 6.18 Å². The van der Waals surface area contributed by atoms with Gasteiger partial charge in [-0.25, -0.2) is 4.39 Å². The Morgan fingerprint density at radius 3 is 2.31 bits per heavy atom. The monoisotopic (exact) mass is 212 g/mol. The minimum Gasteiger partial charge on any atom is -0.232 e. The van der Waals surface area contributed by atoms with E-state index in [4.69, 9.17) is 11.6 Å². The van der Waals surface area contributed by atoms with Crippen LogP contribution in [0.15, 0.2) is 24.3 Å². The SMILES string of the molecule is FC(c1cccc(Cl)c1)C(F)(F)F. The largest absolute Gasteiger partial charge is 0.423 e. The highest BCUT2D eigenvalue weighted by Crippen LogP contribution is 2.36. The topological polar surface area (TPSA) is 0 Å². The van der Waals surface area contributed by atoms with E-state index in [0.717, 1.165) is 12.1 Å². The normalized spacial score (nSPS) is 14.2. The van der Waals surface area contributed by atoms with Crippen molar-refractivity contribution in [1.82, 2.24) is 0 Å². The number of hydrogen-bond acceptors (Lipinski definition) is 0. The number of halogens is 5. The molecule has 1 aromatic rings. The van der Waals surface area contributed by atoms with Crippen LogP contribution in [0, 0.1) is 0 Å². The lowest BCUT2D eigenvalue weighted by atomic mass is 10.1. The first kappa shape index (κ1) is 10.3. The van der Waals surface area contributed by atoms with Gasteiger partial charge in [-0.3, -0.25) is 0 Å². The Kier molecular flexibility index (Phi) is 2.81. The quantitative estimate of drug-likeness (QED) is 0.619. The molecule has 0 aliphatic carbocycles. The molecule has 0 radical (unpaired) electrons. The first-order valence-electron chi connectivity index (χ1n) is 3.37. The fraction of sp³-hybridized carbons (Fsp3) is 0.250. The van der Waals surface area contributed by atoms with Gasteiger partial charge in [-0.2, -0.15) is 13.2 Å². The molecule has 0 N–H and O–H groups in total. The van der Waals surface area contributed by atoms with Crippen LogP contribution in [0.4, 0.5) is 17.6 Å². The van der Waals surface area contributed by atoms with Gasteiger partial charge in [0.1, 0.15) is 0 Å². The van der Waals surface area contributed by atoms with Crippen LogP contribution in [0.25, 0.3) is 0 Å². The minimum atomic E-state index is -4.87. The number of rotatable bonds is 1. The average molecular weight is 213 g/mol. The molecule has 0 aliphatic heterocycles. The highest BCUT2D eigenvalue weighted by atomic mass is 35.5. The molecule has 72 valence electrons. The first-order valence-corrected chi connectivity index (χ1v) is 3.75. The van der Waals surface area contributed by atoms with Crippen molar-refractivity contribution < 1.29 is 17.6 Å². The van der Waals surface area contributed by atoms with Gasteiger partial charge in [-0.15, -0.1) is 0 Å². The molecule has 1 aromatic carbocycles. The fourth-order valence-corrected chi connectivity index (χ4v) is 1.05. The molecule has 0 aliphatic rings. The molecule has 0 aromatic heterocycles. The third-order valence-electron chi connectivity index (χ3n) is 1.43. The Morgan fingerprint density at radius 1 is 1.23 bits per heavy atom. The van der Waals surface area contributed by atoms with E-state index >= 15 is 0 Å². The molecule has 0 spiro atoms. The van der Waals surface area contributed by atoms with Crippen molar-refractivity contribution in [2.45, 2.75) is 12.3 Å². The van der Waals surface area contributed by atoms with E-state index in [0.29, 0.717) is 0 Å². The van der Waals surface area contributed by atoms with Gasteiger partial charge >= 0.3 is 6.18 Å². The minimum absolute atomic E-state index is 0.0874. The summed E-state index contributed by atoms with van der Waals surface area (Å²) >= 11 is 5.40. The molecule has 13 heavy (non-hydrogen) atoms. The smallest absolute Gasteiger partial charge is 0.232 e. The van der Waals surface area contributed by atoms with E-state index in [-0.39, 0.29) is 5.02 Å². The summed E-state index contributed by atoms with van der Waals surface area (Å²) < 4.78 is 48.2. The molecule has 0 fully saturated rings. The molecule has 1 atom stereocenters. The van der Waals surface area contributed by atoms with Gasteiger partial charge in [0, 0.05) is 5.02 Å². The van der Waals surface area contributed by atoms with E-state index in [2.05, 4.69) is 0 Å². The molecule has 0 nitrogen and oxygen atoms in total. The van der Waals surface area contributed by atoms with E-state index in [9.17, 15) is 17.6 Å². The maximum atomic E-state index is 12.6. The highest BCUT2D eigenvalue weighted by molar-refractivity contribution is 6.30. The Morgan fingerprint density at radius 2 is 1.85 bits per heavy atom. The lowest BCUT2D eigenvalue weighted by Crippen LogP contribution is -2.16. The Labute approximate surface area is 77.1 Å². The molecular weight excluding hydrogens is 208 g/mol. The first-order chi connectivity index (χ1) is 5.91. The van der Waals surface area contributed by atoms with E-state index in [1.807, 2.05) is 0 Å². The maximum Gasteiger partial charge on any atom is 0.423 e. The van der Waals surface area contributed by atoms with Crippen molar-refractivity contribution >= 4 is 11.6 Å².